The molecule has 1 unspecified atom stereocenters. The number of benzene rings is 1. The zero-order valence-corrected chi connectivity index (χ0v) is 9.66. The lowest BCUT2D eigenvalue weighted by atomic mass is 10.2. The Hall–Kier alpha value is -0.710. The van der Waals surface area contributed by atoms with Crippen LogP contribution in [0.5, 0.6) is 0 Å². The second-order valence-corrected chi connectivity index (χ2v) is 4.01. The molecule has 0 saturated carbocycles. The lowest BCUT2D eigenvalue weighted by Gasteiger charge is -2.03. The van der Waals surface area contributed by atoms with Crippen molar-refractivity contribution in [3.8, 4) is 0 Å². The van der Waals surface area contributed by atoms with Gasteiger partial charge in [-0.05, 0) is 12.0 Å². The van der Waals surface area contributed by atoms with E-state index in [2.05, 4.69) is 6.92 Å². The molecule has 0 saturated heterocycles. The zero-order chi connectivity index (χ0) is 10.9. The number of rotatable bonds is 7. The normalized spacial score (nSPS) is 12.6. The van der Waals surface area contributed by atoms with Crippen molar-refractivity contribution in [1.82, 2.24) is 0 Å². The molecule has 0 fully saturated rings. The van der Waals surface area contributed by atoms with E-state index in [1.165, 1.54) is 0 Å². The molecule has 0 heterocycles. The van der Waals surface area contributed by atoms with Crippen molar-refractivity contribution < 1.29 is 12.6 Å². The highest BCUT2D eigenvalue weighted by Gasteiger charge is 2.00. The molecule has 1 atom stereocenters. The SMILES string of the molecule is CCCCOS(=O)OCc1ccccc1. The van der Waals surface area contributed by atoms with E-state index in [4.69, 9.17) is 8.37 Å². The summed E-state index contributed by atoms with van der Waals surface area (Å²) in [5.41, 5.74) is 0.991. The van der Waals surface area contributed by atoms with Gasteiger partial charge < -0.3 is 0 Å². The molecule has 0 bridgehead atoms. The zero-order valence-electron chi connectivity index (χ0n) is 8.85. The van der Waals surface area contributed by atoms with Crippen molar-refractivity contribution in [2.45, 2.75) is 26.4 Å². The highest BCUT2D eigenvalue weighted by molar-refractivity contribution is 7.75. The van der Waals surface area contributed by atoms with Crippen LogP contribution in [0.2, 0.25) is 0 Å². The van der Waals surface area contributed by atoms with Crippen LogP contribution in [0.3, 0.4) is 0 Å². The first-order valence-electron chi connectivity index (χ1n) is 5.05. The van der Waals surface area contributed by atoms with Gasteiger partial charge in [-0.3, -0.25) is 8.37 Å². The van der Waals surface area contributed by atoms with E-state index in [0.717, 1.165) is 18.4 Å². The molecule has 3 nitrogen and oxygen atoms in total. The summed E-state index contributed by atoms with van der Waals surface area (Å²) in [6, 6.07) is 9.60. The van der Waals surface area contributed by atoms with Crippen LogP contribution in [0.25, 0.3) is 0 Å². The van der Waals surface area contributed by atoms with E-state index < -0.39 is 11.4 Å². The van der Waals surface area contributed by atoms with E-state index in [1.54, 1.807) is 0 Å². The van der Waals surface area contributed by atoms with Crippen LogP contribution >= 0.6 is 0 Å². The highest BCUT2D eigenvalue weighted by Crippen LogP contribution is 2.03. The van der Waals surface area contributed by atoms with Crippen LogP contribution in [0.15, 0.2) is 30.3 Å². The topological polar surface area (TPSA) is 35.5 Å². The summed E-state index contributed by atoms with van der Waals surface area (Å²) in [6.45, 7) is 2.86. The fourth-order valence-corrected chi connectivity index (χ4v) is 1.55. The smallest absolute Gasteiger partial charge is 0.268 e. The molecule has 0 aromatic heterocycles. The summed E-state index contributed by atoms with van der Waals surface area (Å²) in [5, 5.41) is 0. The van der Waals surface area contributed by atoms with Gasteiger partial charge in [0.15, 0.2) is 0 Å². The maximum Gasteiger partial charge on any atom is 0.304 e. The Balaban J connectivity index is 2.17. The number of hydrogen-bond acceptors (Lipinski definition) is 3. The van der Waals surface area contributed by atoms with Crippen molar-refractivity contribution in [2.24, 2.45) is 0 Å². The molecule has 0 radical (unpaired) electrons. The van der Waals surface area contributed by atoms with Gasteiger partial charge in [-0.25, -0.2) is 0 Å². The van der Waals surface area contributed by atoms with Crippen LogP contribution < -0.4 is 0 Å². The van der Waals surface area contributed by atoms with E-state index in [9.17, 15) is 4.21 Å². The molecule has 0 aliphatic rings. The summed E-state index contributed by atoms with van der Waals surface area (Å²) in [5.74, 6) is 0. The molecule has 1 aromatic carbocycles. The second kappa shape index (κ2) is 7.56. The minimum Gasteiger partial charge on any atom is -0.268 e. The van der Waals surface area contributed by atoms with E-state index in [0.29, 0.717) is 13.2 Å². The average Bonchev–Trinajstić information content (AvgIpc) is 2.28. The summed E-state index contributed by atoms with van der Waals surface area (Å²) in [6.07, 6.45) is 1.93. The third-order valence-electron chi connectivity index (χ3n) is 1.84. The van der Waals surface area contributed by atoms with E-state index in [-0.39, 0.29) is 0 Å². The molecule has 0 spiro atoms. The Morgan fingerprint density at radius 3 is 2.60 bits per heavy atom. The molecule has 15 heavy (non-hydrogen) atoms. The van der Waals surface area contributed by atoms with Crippen LogP contribution in [-0.2, 0) is 26.3 Å². The molecule has 84 valence electrons. The summed E-state index contributed by atoms with van der Waals surface area (Å²) in [4.78, 5) is 0. The fraction of sp³-hybridized carbons (Fsp3) is 0.455. The lowest BCUT2D eigenvalue weighted by molar-refractivity contribution is 0.240. The van der Waals surface area contributed by atoms with Gasteiger partial charge in [0.2, 0.25) is 0 Å². The molecule has 1 aromatic rings. The van der Waals surface area contributed by atoms with Crippen molar-refractivity contribution in [2.75, 3.05) is 6.61 Å². The maximum absolute atomic E-state index is 11.2. The fourth-order valence-electron chi connectivity index (χ4n) is 0.996. The van der Waals surface area contributed by atoms with E-state index >= 15 is 0 Å². The Bertz CT molecular complexity index is 287. The summed E-state index contributed by atoms with van der Waals surface area (Å²) >= 11 is -1.62. The average molecular weight is 228 g/mol. The predicted molar refractivity (Wildman–Crippen MR) is 60.2 cm³/mol. The minimum absolute atomic E-state index is 0.319. The lowest BCUT2D eigenvalue weighted by Crippen LogP contribution is -2.03. The van der Waals surface area contributed by atoms with Gasteiger partial charge in [-0.2, -0.15) is 4.21 Å². The summed E-state index contributed by atoms with van der Waals surface area (Å²) in [7, 11) is 0. The summed E-state index contributed by atoms with van der Waals surface area (Å²) < 4.78 is 21.1. The first kappa shape index (κ1) is 12.4. The van der Waals surface area contributed by atoms with Gasteiger partial charge in [0, 0.05) is 0 Å². The minimum atomic E-state index is -1.62. The second-order valence-electron chi connectivity index (χ2n) is 3.13. The van der Waals surface area contributed by atoms with Crippen molar-refractivity contribution in [3.05, 3.63) is 35.9 Å². The van der Waals surface area contributed by atoms with Crippen molar-refractivity contribution >= 4 is 11.4 Å². The van der Waals surface area contributed by atoms with Crippen LogP contribution in [0.1, 0.15) is 25.3 Å². The van der Waals surface area contributed by atoms with Gasteiger partial charge in [0.1, 0.15) is 0 Å². The highest BCUT2D eigenvalue weighted by atomic mass is 32.2. The molecular formula is C11H16O3S. The van der Waals surface area contributed by atoms with Gasteiger partial charge in [0.25, 0.3) is 0 Å². The van der Waals surface area contributed by atoms with Gasteiger partial charge >= 0.3 is 11.4 Å². The quantitative estimate of drug-likeness (QED) is 0.673. The molecule has 0 aliphatic heterocycles. The Morgan fingerprint density at radius 1 is 1.20 bits per heavy atom. The predicted octanol–water partition coefficient (Wildman–Crippen LogP) is 2.60. The van der Waals surface area contributed by atoms with Crippen LogP contribution in [-0.4, -0.2) is 10.8 Å². The van der Waals surface area contributed by atoms with Gasteiger partial charge in [0.05, 0.1) is 13.2 Å². The molecule has 4 heteroatoms. The molecular weight excluding hydrogens is 212 g/mol. The number of hydrogen-bond donors (Lipinski definition) is 0. The maximum atomic E-state index is 11.2. The monoisotopic (exact) mass is 228 g/mol. The third-order valence-corrected chi connectivity index (χ3v) is 2.51. The Labute approximate surface area is 93.3 Å². The first-order chi connectivity index (χ1) is 7.33. The van der Waals surface area contributed by atoms with Crippen LogP contribution in [0.4, 0.5) is 0 Å². The van der Waals surface area contributed by atoms with Crippen molar-refractivity contribution in [1.29, 1.82) is 0 Å². The Kier molecular flexibility index (Phi) is 6.23. The molecule has 0 N–H and O–H groups in total. The van der Waals surface area contributed by atoms with Crippen LogP contribution in [0, 0.1) is 0 Å². The Morgan fingerprint density at radius 2 is 1.93 bits per heavy atom. The molecule has 1 rings (SSSR count). The number of unbranched alkanes of at least 4 members (excludes halogenated alkanes) is 1. The molecule has 0 aliphatic carbocycles. The standard InChI is InChI=1S/C11H16O3S/c1-2-3-9-13-15(12)14-10-11-7-5-4-6-8-11/h4-8H,2-3,9-10H2,1H3. The first-order valence-corrected chi connectivity index (χ1v) is 6.05. The molecule has 0 amide bonds. The third kappa shape index (κ3) is 5.67. The van der Waals surface area contributed by atoms with Crippen molar-refractivity contribution in [3.63, 3.8) is 0 Å². The largest absolute Gasteiger partial charge is 0.304 e. The van der Waals surface area contributed by atoms with Gasteiger partial charge in [-0.1, -0.05) is 43.7 Å². The van der Waals surface area contributed by atoms with E-state index in [1.807, 2.05) is 30.3 Å². The van der Waals surface area contributed by atoms with Gasteiger partial charge in [-0.15, -0.1) is 0 Å².